The van der Waals surface area contributed by atoms with Gasteiger partial charge in [0.25, 0.3) is 0 Å². The zero-order chi connectivity index (χ0) is 38.2. The predicted molar refractivity (Wildman–Crippen MR) is 245 cm³/mol. The molecule has 0 saturated heterocycles. The van der Waals surface area contributed by atoms with Crippen molar-refractivity contribution in [3.05, 3.63) is 200 Å². The average molecular weight is 760 g/mol. The van der Waals surface area contributed by atoms with Gasteiger partial charge in [0.2, 0.25) is 0 Å². The quantitative estimate of drug-likeness (QED) is 0.169. The van der Waals surface area contributed by atoms with Crippen molar-refractivity contribution in [2.45, 2.75) is 0 Å². The van der Waals surface area contributed by atoms with Crippen LogP contribution in [0.3, 0.4) is 0 Å². The van der Waals surface area contributed by atoms with Gasteiger partial charge in [0.05, 0.1) is 16.8 Å². The Kier molecular flexibility index (Phi) is 7.40. The number of hydrogen-bond acceptors (Lipinski definition) is 4. The molecule has 12 aromatic rings. The van der Waals surface area contributed by atoms with Crippen LogP contribution in [0, 0.1) is 0 Å². The van der Waals surface area contributed by atoms with Gasteiger partial charge in [0.15, 0.2) is 0 Å². The van der Waals surface area contributed by atoms with Gasteiger partial charge in [-0.25, -0.2) is 0 Å². The van der Waals surface area contributed by atoms with E-state index in [1.807, 2.05) is 23.5 Å². The summed E-state index contributed by atoms with van der Waals surface area (Å²) in [5, 5.41) is 6.75. The minimum absolute atomic E-state index is 0.841. The fourth-order valence-electron chi connectivity index (χ4n) is 8.88. The highest BCUT2D eigenvalue weighted by atomic mass is 32.1. The second-order valence-electron chi connectivity index (χ2n) is 14.8. The van der Waals surface area contributed by atoms with Crippen molar-refractivity contribution in [3.8, 4) is 33.4 Å². The Morgan fingerprint density at radius 3 is 1.71 bits per heavy atom. The Hall–Kier alpha value is -7.40. The summed E-state index contributed by atoms with van der Waals surface area (Å²) >= 11 is 1.86. The molecule has 0 saturated carbocycles. The van der Waals surface area contributed by atoms with Crippen LogP contribution in [-0.4, -0.2) is 0 Å². The monoisotopic (exact) mass is 759 g/mol. The van der Waals surface area contributed by atoms with E-state index in [1.165, 1.54) is 31.3 Å². The van der Waals surface area contributed by atoms with E-state index in [0.29, 0.717) is 0 Å². The van der Waals surface area contributed by atoms with Crippen molar-refractivity contribution < 1.29 is 8.83 Å². The van der Waals surface area contributed by atoms with Crippen molar-refractivity contribution >= 4 is 92.4 Å². The smallest absolute Gasteiger partial charge is 0.145 e. The maximum absolute atomic E-state index is 6.89. The van der Waals surface area contributed by atoms with Crippen LogP contribution in [0.25, 0.3) is 97.4 Å². The molecule has 58 heavy (non-hydrogen) atoms. The number of furan rings is 2. The molecule has 0 aliphatic heterocycles. The van der Waals surface area contributed by atoms with Crippen LogP contribution < -0.4 is 4.90 Å². The highest BCUT2D eigenvalue weighted by Gasteiger charge is 2.28. The second kappa shape index (κ2) is 13.1. The third kappa shape index (κ3) is 5.05. The predicted octanol–water partition coefficient (Wildman–Crippen LogP) is 16.3. The summed E-state index contributed by atoms with van der Waals surface area (Å²) in [6.07, 6.45) is 0. The number of benzene rings is 9. The van der Waals surface area contributed by atoms with E-state index in [1.54, 1.807) is 0 Å². The Morgan fingerprint density at radius 2 is 0.966 bits per heavy atom. The van der Waals surface area contributed by atoms with Crippen LogP contribution in [0.15, 0.2) is 209 Å². The Morgan fingerprint density at radius 1 is 0.379 bits per heavy atom. The van der Waals surface area contributed by atoms with E-state index in [9.17, 15) is 0 Å². The largest absolute Gasteiger partial charge is 0.456 e. The minimum atomic E-state index is 0.841. The SMILES string of the molecule is c1ccc(-c2ccc3sc4c(-c5ccccc5)cccc4c3c2N(c2ccc3c(c2)oc2ccccc23)c2ccc(-c3ccccc3)c3oc4ccccc4c23)cc1. The molecule has 0 amide bonds. The van der Waals surface area contributed by atoms with Gasteiger partial charge in [0.1, 0.15) is 22.3 Å². The maximum atomic E-state index is 6.89. The number of thiophene rings is 1. The van der Waals surface area contributed by atoms with E-state index in [2.05, 4.69) is 193 Å². The maximum Gasteiger partial charge on any atom is 0.145 e. The lowest BCUT2D eigenvalue weighted by Gasteiger charge is -2.30. The lowest BCUT2D eigenvalue weighted by molar-refractivity contribution is 0.669. The van der Waals surface area contributed by atoms with Crippen molar-refractivity contribution in [3.63, 3.8) is 0 Å². The van der Waals surface area contributed by atoms with Gasteiger partial charge in [-0.3, -0.25) is 0 Å². The third-order valence-electron chi connectivity index (χ3n) is 11.5. The summed E-state index contributed by atoms with van der Waals surface area (Å²) in [5.74, 6) is 0. The van der Waals surface area contributed by atoms with Crippen LogP contribution >= 0.6 is 11.3 Å². The zero-order valence-electron chi connectivity index (χ0n) is 31.2. The highest BCUT2D eigenvalue weighted by molar-refractivity contribution is 7.26. The number of para-hydroxylation sites is 2. The molecule has 272 valence electrons. The van der Waals surface area contributed by atoms with E-state index in [0.717, 1.165) is 83.2 Å². The van der Waals surface area contributed by atoms with Crippen LogP contribution in [0.1, 0.15) is 0 Å². The minimum Gasteiger partial charge on any atom is -0.456 e. The summed E-state index contributed by atoms with van der Waals surface area (Å²) < 4.78 is 16.0. The Balaban J connectivity index is 1.25. The summed E-state index contributed by atoms with van der Waals surface area (Å²) in [4.78, 5) is 2.47. The first-order valence-corrected chi connectivity index (χ1v) is 20.4. The molecule has 0 atom stereocenters. The average Bonchev–Trinajstić information content (AvgIpc) is 3.99. The lowest BCUT2D eigenvalue weighted by Crippen LogP contribution is -2.12. The van der Waals surface area contributed by atoms with Crippen molar-refractivity contribution in [2.75, 3.05) is 4.90 Å². The molecular formula is C54H33NO2S. The first kappa shape index (κ1) is 32.8. The summed E-state index contributed by atoms with van der Waals surface area (Å²) in [6, 6.07) is 71.3. The molecule has 0 bridgehead atoms. The van der Waals surface area contributed by atoms with Gasteiger partial charge in [-0.15, -0.1) is 11.3 Å². The molecule has 0 radical (unpaired) electrons. The number of rotatable bonds is 6. The second-order valence-corrected chi connectivity index (χ2v) is 15.8. The third-order valence-corrected chi connectivity index (χ3v) is 12.7. The van der Waals surface area contributed by atoms with E-state index in [4.69, 9.17) is 8.83 Å². The normalized spacial score (nSPS) is 11.8. The van der Waals surface area contributed by atoms with Gasteiger partial charge in [-0.05, 0) is 64.7 Å². The molecule has 0 fully saturated rings. The van der Waals surface area contributed by atoms with E-state index >= 15 is 0 Å². The lowest BCUT2D eigenvalue weighted by atomic mass is 9.95. The Labute approximate surface area is 338 Å². The van der Waals surface area contributed by atoms with Gasteiger partial charge < -0.3 is 13.7 Å². The van der Waals surface area contributed by atoms with Crippen LogP contribution in [0.4, 0.5) is 17.1 Å². The Bertz CT molecular complexity index is 3510. The molecule has 3 nitrogen and oxygen atoms in total. The van der Waals surface area contributed by atoms with E-state index in [-0.39, 0.29) is 0 Å². The molecule has 3 aromatic heterocycles. The molecule has 0 spiro atoms. The fraction of sp³-hybridized carbons (Fsp3) is 0. The van der Waals surface area contributed by atoms with Crippen LogP contribution in [-0.2, 0) is 0 Å². The standard InChI is InChI=1S/C54H33NO2S/c1-4-15-34(16-5-1)38-30-32-49-51(44-24-14-23-40(54(44)58-49)36-19-8-3-9-20-36)52(38)55(37-27-28-42-41-21-10-12-25-46(41)56-48(42)33-37)45-31-29-39(35-17-6-2-7-18-35)53-50(45)43-22-11-13-26-47(43)57-53/h1-33H. The summed E-state index contributed by atoms with van der Waals surface area (Å²) in [7, 11) is 0. The molecule has 0 aliphatic rings. The van der Waals surface area contributed by atoms with Gasteiger partial charge in [0, 0.05) is 59.2 Å². The molecule has 9 aromatic carbocycles. The molecule has 4 heteroatoms. The first-order valence-electron chi connectivity index (χ1n) is 19.6. The first-order chi connectivity index (χ1) is 28.8. The van der Waals surface area contributed by atoms with Crippen molar-refractivity contribution in [1.29, 1.82) is 0 Å². The van der Waals surface area contributed by atoms with Gasteiger partial charge in [-0.1, -0.05) is 152 Å². The van der Waals surface area contributed by atoms with E-state index < -0.39 is 0 Å². The molecule has 0 aliphatic carbocycles. The summed E-state index contributed by atoms with van der Waals surface area (Å²) in [5.41, 5.74) is 13.4. The fourth-order valence-corrected chi connectivity index (χ4v) is 10.1. The van der Waals surface area contributed by atoms with Gasteiger partial charge in [-0.2, -0.15) is 0 Å². The molecule has 3 heterocycles. The van der Waals surface area contributed by atoms with Crippen molar-refractivity contribution in [2.24, 2.45) is 0 Å². The van der Waals surface area contributed by atoms with Crippen LogP contribution in [0.5, 0.6) is 0 Å². The summed E-state index contributed by atoms with van der Waals surface area (Å²) in [6.45, 7) is 0. The van der Waals surface area contributed by atoms with Gasteiger partial charge >= 0.3 is 0 Å². The number of anilines is 3. The van der Waals surface area contributed by atoms with Crippen molar-refractivity contribution in [1.82, 2.24) is 0 Å². The molecular weight excluding hydrogens is 727 g/mol. The van der Waals surface area contributed by atoms with Crippen LogP contribution in [0.2, 0.25) is 0 Å². The number of nitrogens with zero attached hydrogens (tertiary/aromatic N) is 1. The highest BCUT2D eigenvalue weighted by Crippen LogP contribution is 2.54. The molecule has 0 unspecified atom stereocenters. The number of fused-ring (bicyclic) bond motifs is 9. The zero-order valence-corrected chi connectivity index (χ0v) is 32.0. The molecule has 0 N–H and O–H groups in total. The molecule has 12 rings (SSSR count). The topological polar surface area (TPSA) is 29.5 Å². The number of hydrogen-bond donors (Lipinski definition) is 0.